The second-order valence-corrected chi connectivity index (χ2v) is 3.84. The summed E-state index contributed by atoms with van der Waals surface area (Å²) in [4.78, 5) is 11.5. The second-order valence-electron chi connectivity index (χ2n) is 3.84. The van der Waals surface area contributed by atoms with E-state index in [-0.39, 0.29) is 11.4 Å². The topological polar surface area (TPSA) is 26.3 Å². The number of carbonyl (C=O) groups excluding carboxylic acids is 1. The minimum absolute atomic E-state index is 0.0244. The molecule has 1 saturated carbocycles. The second kappa shape index (κ2) is 2.13. The number of fused-ring (bicyclic) bond motifs is 1. The lowest BCUT2D eigenvalue weighted by molar-refractivity contribution is -0.142. The van der Waals surface area contributed by atoms with Gasteiger partial charge in [-0.25, -0.2) is 0 Å². The molecule has 66 valence electrons. The molecule has 2 heteroatoms. The van der Waals surface area contributed by atoms with Gasteiger partial charge in [0.25, 0.3) is 0 Å². The maximum atomic E-state index is 11.5. The summed E-state index contributed by atoms with van der Waals surface area (Å²) < 4.78 is 5.03. The third kappa shape index (κ3) is 0.755. The third-order valence-corrected chi connectivity index (χ3v) is 3.17. The molecule has 1 unspecified atom stereocenters. The molecule has 0 bridgehead atoms. The Morgan fingerprint density at radius 3 is 2.62 bits per heavy atom. The number of esters is 1. The van der Waals surface area contributed by atoms with Crippen molar-refractivity contribution in [3.8, 4) is 0 Å². The molecule has 2 fully saturated rings. The van der Waals surface area contributed by atoms with Crippen LogP contribution in [0.15, 0.2) is 30.3 Å². The fourth-order valence-electron chi connectivity index (χ4n) is 2.29. The lowest BCUT2D eigenvalue weighted by Crippen LogP contribution is -2.18. The van der Waals surface area contributed by atoms with Crippen LogP contribution in [0.1, 0.15) is 12.0 Å². The van der Waals surface area contributed by atoms with E-state index < -0.39 is 0 Å². The number of carbonyl (C=O) groups is 1. The van der Waals surface area contributed by atoms with Gasteiger partial charge in [-0.05, 0) is 12.0 Å². The molecule has 1 aliphatic carbocycles. The summed E-state index contributed by atoms with van der Waals surface area (Å²) in [6.45, 7) is 0.619. The predicted octanol–water partition coefficient (Wildman–Crippen LogP) is 1.50. The first kappa shape index (κ1) is 7.13. The van der Waals surface area contributed by atoms with Gasteiger partial charge in [0.05, 0.1) is 12.0 Å². The van der Waals surface area contributed by atoms with Crippen molar-refractivity contribution >= 4 is 5.97 Å². The van der Waals surface area contributed by atoms with E-state index >= 15 is 0 Å². The first-order valence-corrected chi connectivity index (χ1v) is 4.57. The van der Waals surface area contributed by atoms with E-state index in [1.165, 1.54) is 0 Å². The average Bonchev–Trinajstić information content (AvgIpc) is 2.84. The predicted molar refractivity (Wildman–Crippen MR) is 47.2 cm³/mol. The molecular formula is C11H10O2. The molecule has 0 amide bonds. The molecule has 0 spiro atoms. The van der Waals surface area contributed by atoms with Crippen molar-refractivity contribution in [3.05, 3.63) is 35.9 Å². The largest absolute Gasteiger partial charge is 0.465 e. The zero-order valence-corrected chi connectivity index (χ0v) is 7.19. The monoisotopic (exact) mass is 174 g/mol. The van der Waals surface area contributed by atoms with E-state index in [1.807, 2.05) is 30.3 Å². The summed E-state index contributed by atoms with van der Waals surface area (Å²) in [6.07, 6.45) is 0.982. The van der Waals surface area contributed by atoms with Crippen LogP contribution in [0.4, 0.5) is 0 Å². The van der Waals surface area contributed by atoms with Gasteiger partial charge in [-0.2, -0.15) is 0 Å². The first-order valence-electron chi connectivity index (χ1n) is 4.57. The molecule has 13 heavy (non-hydrogen) atoms. The van der Waals surface area contributed by atoms with E-state index in [4.69, 9.17) is 4.74 Å². The number of rotatable bonds is 1. The quantitative estimate of drug-likeness (QED) is 0.603. The third-order valence-electron chi connectivity index (χ3n) is 3.17. The van der Waals surface area contributed by atoms with Crippen molar-refractivity contribution in [2.45, 2.75) is 11.8 Å². The molecule has 1 saturated heterocycles. The molecule has 3 rings (SSSR count). The summed E-state index contributed by atoms with van der Waals surface area (Å²) in [5, 5.41) is 0. The molecule has 0 radical (unpaired) electrons. The highest BCUT2D eigenvalue weighted by Crippen LogP contribution is 2.58. The fourth-order valence-corrected chi connectivity index (χ4v) is 2.29. The Morgan fingerprint density at radius 1 is 1.31 bits per heavy atom. The van der Waals surface area contributed by atoms with Gasteiger partial charge < -0.3 is 4.74 Å². The fraction of sp³-hybridized carbons (Fsp3) is 0.364. The van der Waals surface area contributed by atoms with Crippen LogP contribution in [0, 0.1) is 5.92 Å². The summed E-state index contributed by atoms with van der Waals surface area (Å²) in [5.74, 6) is 0.422. The van der Waals surface area contributed by atoms with Gasteiger partial charge in [0, 0.05) is 5.92 Å². The summed E-state index contributed by atoms with van der Waals surface area (Å²) in [7, 11) is 0. The maximum Gasteiger partial charge on any atom is 0.317 e. The first-order chi connectivity index (χ1) is 6.34. The highest BCUT2D eigenvalue weighted by molar-refractivity contribution is 5.89. The Hall–Kier alpha value is -1.31. The zero-order valence-electron chi connectivity index (χ0n) is 7.19. The smallest absolute Gasteiger partial charge is 0.317 e. The summed E-state index contributed by atoms with van der Waals surface area (Å²) >= 11 is 0. The molecule has 1 heterocycles. The number of hydrogen-bond donors (Lipinski definition) is 0. The van der Waals surface area contributed by atoms with Crippen LogP contribution in [0.2, 0.25) is 0 Å². The van der Waals surface area contributed by atoms with Crippen molar-refractivity contribution in [1.82, 2.24) is 0 Å². The highest BCUT2D eigenvalue weighted by Gasteiger charge is 2.66. The van der Waals surface area contributed by atoms with E-state index in [9.17, 15) is 4.79 Å². The molecular weight excluding hydrogens is 164 g/mol. The molecule has 2 aliphatic rings. The van der Waals surface area contributed by atoms with Gasteiger partial charge >= 0.3 is 5.97 Å². The van der Waals surface area contributed by atoms with Crippen LogP contribution in [-0.2, 0) is 14.9 Å². The molecule has 2 atom stereocenters. The van der Waals surface area contributed by atoms with Gasteiger partial charge in [0.1, 0.15) is 0 Å². The Morgan fingerprint density at radius 2 is 2.08 bits per heavy atom. The summed E-state index contributed by atoms with van der Waals surface area (Å²) in [5.41, 5.74) is 0.879. The number of hydrogen-bond acceptors (Lipinski definition) is 2. The Bertz CT molecular complexity index is 358. The number of ether oxygens (including phenoxy) is 1. The van der Waals surface area contributed by atoms with Crippen LogP contribution in [0.5, 0.6) is 0 Å². The molecule has 2 nitrogen and oxygen atoms in total. The Labute approximate surface area is 76.5 Å². The minimum Gasteiger partial charge on any atom is -0.465 e. The lowest BCUT2D eigenvalue weighted by atomic mass is 9.95. The normalized spacial score (nSPS) is 35.4. The van der Waals surface area contributed by atoms with Crippen molar-refractivity contribution in [3.63, 3.8) is 0 Å². The average molecular weight is 174 g/mol. The number of cyclic esters (lactones) is 1. The molecule has 1 aliphatic heterocycles. The maximum absolute atomic E-state index is 11.5. The molecule has 0 aromatic heterocycles. The van der Waals surface area contributed by atoms with Gasteiger partial charge in [-0.1, -0.05) is 30.3 Å². The van der Waals surface area contributed by atoms with Crippen molar-refractivity contribution in [1.29, 1.82) is 0 Å². The van der Waals surface area contributed by atoms with Crippen LogP contribution in [-0.4, -0.2) is 12.6 Å². The van der Waals surface area contributed by atoms with E-state index in [0.29, 0.717) is 12.5 Å². The summed E-state index contributed by atoms with van der Waals surface area (Å²) in [6, 6.07) is 9.97. The Kier molecular flexibility index (Phi) is 1.17. The van der Waals surface area contributed by atoms with Crippen molar-refractivity contribution in [2.75, 3.05) is 6.61 Å². The van der Waals surface area contributed by atoms with Crippen LogP contribution in [0.25, 0.3) is 0 Å². The standard InChI is InChI=1S/C11H10O2/c12-10-11(6-9(11)7-13-10)8-4-2-1-3-5-8/h1-5,9H,6-7H2/t9-,11?/m0/s1. The van der Waals surface area contributed by atoms with E-state index in [1.54, 1.807) is 0 Å². The van der Waals surface area contributed by atoms with Crippen LogP contribution < -0.4 is 0 Å². The van der Waals surface area contributed by atoms with Crippen molar-refractivity contribution in [2.24, 2.45) is 5.92 Å². The minimum atomic E-state index is -0.249. The molecule has 0 N–H and O–H groups in total. The highest BCUT2D eigenvalue weighted by atomic mass is 16.5. The van der Waals surface area contributed by atoms with Gasteiger partial charge in [0.2, 0.25) is 0 Å². The van der Waals surface area contributed by atoms with E-state index in [2.05, 4.69) is 0 Å². The van der Waals surface area contributed by atoms with Crippen molar-refractivity contribution < 1.29 is 9.53 Å². The van der Waals surface area contributed by atoms with E-state index in [0.717, 1.165) is 12.0 Å². The zero-order chi connectivity index (χ0) is 8.89. The molecule has 1 aromatic rings. The van der Waals surface area contributed by atoms with Crippen LogP contribution in [0.3, 0.4) is 0 Å². The van der Waals surface area contributed by atoms with Crippen LogP contribution >= 0.6 is 0 Å². The molecule has 1 aromatic carbocycles. The SMILES string of the molecule is O=C1OC[C@@H]2CC12c1ccccc1. The number of benzene rings is 1. The van der Waals surface area contributed by atoms with Gasteiger partial charge in [-0.3, -0.25) is 4.79 Å². The Balaban J connectivity index is 2.07. The van der Waals surface area contributed by atoms with Gasteiger partial charge in [-0.15, -0.1) is 0 Å². The van der Waals surface area contributed by atoms with Gasteiger partial charge in [0.15, 0.2) is 0 Å². The lowest BCUT2D eigenvalue weighted by Gasteiger charge is -2.08.